The van der Waals surface area contributed by atoms with Crippen LogP contribution in [0.15, 0.2) is 4.47 Å². The molecule has 19 heavy (non-hydrogen) atoms. The fraction of sp³-hybridized carbons (Fsp3) is 0.786. The van der Waals surface area contributed by atoms with E-state index < -0.39 is 0 Å². The van der Waals surface area contributed by atoms with Crippen molar-refractivity contribution in [2.75, 3.05) is 12.8 Å². The summed E-state index contributed by atoms with van der Waals surface area (Å²) >= 11 is 5.72. The second-order valence-corrected chi connectivity index (χ2v) is 7.17. The predicted octanol–water partition coefficient (Wildman–Crippen LogP) is 3.64. The Balaban J connectivity index is 2.70. The molecule has 3 nitrogen and oxygen atoms in total. The highest BCUT2D eigenvalue weighted by atomic mass is 79.9. The van der Waals surface area contributed by atoms with E-state index in [1.807, 2.05) is 11.8 Å². The molecule has 0 aromatic carbocycles. The van der Waals surface area contributed by atoms with E-state index >= 15 is 0 Å². The summed E-state index contributed by atoms with van der Waals surface area (Å²) in [6.45, 7) is 9.68. The average Bonchev–Trinajstić information content (AvgIpc) is 2.69. The van der Waals surface area contributed by atoms with Gasteiger partial charge in [-0.25, -0.2) is 0 Å². The first-order chi connectivity index (χ1) is 9.03. The molecule has 2 atom stereocenters. The molecule has 1 rings (SSSR count). The van der Waals surface area contributed by atoms with Gasteiger partial charge in [-0.2, -0.15) is 16.9 Å². The van der Waals surface area contributed by atoms with Crippen LogP contribution in [0.2, 0.25) is 0 Å². The standard InChI is InChI=1S/C14H26BrN3S/c1-6-10(3)19-9-12(16-5)8-13-14(15)11(4)17-18(13)7-2/h10,12,16H,6-9H2,1-5H3. The number of thioether (sulfide) groups is 1. The van der Waals surface area contributed by atoms with E-state index in [2.05, 4.69) is 65.8 Å². The van der Waals surface area contributed by atoms with Crippen molar-refractivity contribution in [3.05, 3.63) is 15.9 Å². The quantitative estimate of drug-likeness (QED) is 0.778. The molecule has 1 heterocycles. The van der Waals surface area contributed by atoms with E-state index in [4.69, 9.17) is 0 Å². The Morgan fingerprint density at radius 1 is 1.42 bits per heavy atom. The van der Waals surface area contributed by atoms with Gasteiger partial charge in [-0.15, -0.1) is 0 Å². The van der Waals surface area contributed by atoms with Crippen LogP contribution in [0.5, 0.6) is 0 Å². The first-order valence-electron chi connectivity index (χ1n) is 7.04. The molecule has 0 amide bonds. The van der Waals surface area contributed by atoms with Crippen molar-refractivity contribution >= 4 is 27.7 Å². The van der Waals surface area contributed by atoms with E-state index in [9.17, 15) is 0 Å². The van der Waals surface area contributed by atoms with E-state index in [0.717, 1.165) is 29.7 Å². The maximum atomic E-state index is 4.56. The molecule has 0 fully saturated rings. The van der Waals surface area contributed by atoms with Crippen molar-refractivity contribution < 1.29 is 0 Å². The lowest BCUT2D eigenvalue weighted by molar-refractivity contribution is 0.554. The molecule has 0 radical (unpaired) electrons. The van der Waals surface area contributed by atoms with Crippen LogP contribution in [0.25, 0.3) is 0 Å². The minimum atomic E-state index is 0.497. The lowest BCUT2D eigenvalue weighted by atomic mass is 10.2. The Morgan fingerprint density at radius 3 is 2.63 bits per heavy atom. The van der Waals surface area contributed by atoms with Crippen LogP contribution in [-0.4, -0.2) is 33.9 Å². The fourth-order valence-corrected chi connectivity index (χ4v) is 3.47. The van der Waals surface area contributed by atoms with Gasteiger partial charge in [0.05, 0.1) is 15.9 Å². The zero-order valence-electron chi connectivity index (χ0n) is 12.7. The summed E-state index contributed by atoms with van der Waals surface area (Å²) in [5, 5.41) is 8.73. The molecule has 0 bridgehead atoms. The van der Waals surface area contributed by atoms with Gasteiger partial charge in [-0.05, 0) is 43.2 Å². The largest absolute Gasteiger partial charge is 0.316 e. The average molecular weight is 348 g/mol. The van der Waals surface area contributed by atoms with Gasteiger partial charge in [-0.3, -0.25) is 4.68 Å². The molecule has 5 heteroatoms. The van der Waals surface area contributed by atoms with Crippen LogP contribution >= 0.6 is 27.7 Å². The van der Waals surface area contributed by atoms with Crippen molar-refractivity contribution in [2.24, 2.45) is 0 Å². The smallest absolute Gasteiger partial charge is 0.0738 e. The van der Waals surface area contributed by atoms with Crippen LogP contribution < -0.4 is 5.32 Å². The van der Waals surface area contributed by atoms with Crippen molar-refractivity contribution in [1.29, 1.82) is 0 Å². The molecule has 1 aromatic rings. The fourth-order valence-electron chi connectivity index (χ4n) is 1.94. The number of rotatable bonds is 8. The SMILES string of the molecule is CCC(C)SCC(Cc1c(Br)c(C)nn1CC)NC. The van der Waals surface area contributed by atoms with Gasteiger partial charge in [0.2, 0.25) is 0 Å². The highest BCUT2D eigenvalue weighted by Gasteiger charge is 2.17. The number of nitrogens with zero attached hydrogens (tertiary/aromatic N) is 2. The van der Waals surface area contributed by atoms with E-state index in [1.54, 1.807) is 0 Å². The Hall–Kier alpha value is -0.0000000000000000763. The van der Waals surface area contributed by atoms with Crippen molar-refractivity contribution in [1.82, 2.24) is 15.1 Å². The topological polar surface area (TPSA) is 29.9 Å². The van der Waals surface area contributed by atoms with Gasteiger partial charge in [0.15, 0.2) is 0 Å². The Morgan fingerprint density at radius 2 is 2.11 bits per heavy atom. The van der Waals surface area contributed by atoms with Crippen LogP contribution in [0.4, 0.5) is 0 Å². The van der Waals surface area contributed by atoms with E-state index in [0.29, 0.717) is 6.04 Å². The van der Waals surface area contributed by atoms with Gasteiger partial charge in [0, 0.05) is 30.0 Å². The van der Waals surface area contributed by atoms with Gasteiger partial charge >= 0.3 is 0 Å². The van der Waals surface area contributed by atoms with Crippen LogP contribution in [-0.2, 0) is 13.0 Å². The summed E-state index contributed by atoms with van der Waals surface area (Å²) in [6, 6.07) is 0.497. The lowest BCUT2D eigenvalue weighted by Gasteiger charge is -2.18. The minimum absolute atomic E-state index is 0.497. The van der Waals surface area contributed by atoms with Gasteiger partial charge in [0.1, 0.15) is 0 Å². The second-order valence-electron chi connectivity index (χ2n) is 4.90. The second kappa shape index (κ2) is 8.32. The zero-order valence-corrected chi connectivity index (χ0v) is 15.1. The summed E-state index contributed by atoms with van der Waals surface area (Å²) in [7, 11) is 2.05. The molecule has 1 N–H and O–H groups in total. The molecule has 110 valence electrons. The third-order valence-corrected chi connectivity index (χ3v) is 5.99. The van der Waals surface area contributed by atoms with Gasteiger partial charge in [-0.1, -0.05) is 13.8 Å². The third kappa shape index (κ3) is 4.80. The first-order valence-corrected chi connectivity index (χ1v) is 8.88. The number of aryl methyl sites for hydroxylation is 2. The Kier molecular flexibility index (Phi) is 7.47. The number of likely N-dealkylation sites (N-methyl/N-ethyl adjacent to an activating group) is 1. The minimum Gasteiger partial charge on any atom is -0.316 e. The van der Waals surface area contributed by atoms with E-state index in [-0.39, 0.29) is 0 Å². The zero-order chi connectivity index (χ0) is 14.4. The molecular weight excluding hydrogens is 322 g/mol. The van der Waals surface area contributed by atoms with Crippen molar-refractivity contribution in [3.8, 4) is 0 Å². The molecule has 0 aliphatic rings. The van der Waals surface area contributed by atoms with Crippen molar-refractivity contribution in [3.63, 3.8) is 0 Å². The molecule has 2 unspecified atom stereocenters. The van der Waals surface area contributed by atoms with Gasteiger partial charge in [0.25, 0.3) is 0 Å². The number of nitrogens with one attached hydrogen (secondary N) is 1. The molecule has 0 saturated heterocycles. The molecule has 0 saturated carbocycles. The van der Waals surface area contributed by atoms with E-state index in [1.165, 1.54) is 16.6 Å². The first kappa shape index (κ1) is 17.1. The maximum Gasteiger partial charge on any atom is 0.0738 e. The summed E-state index contributed by atoms with van der Waals surface area (Å²) in [6.07, 6.45) is 2.26. The molecule has 0 aliphatic carbocycles. The summed E-state index contributed by atoms with van der Waals surface area (Å²) in [5.74, 6) is 1.14. The van der Waals surface area contributed by atoms with Crippen LogP contribution in [0.1, 0.15) is 38.6 Å². The lowest BCUT2D eigenvalue weighted by Crippen LogP contribution is -2.31. The maximum absolute atomic E-state index is 4.56. The number of hydrogen-bond donors (Lipinski definition) is 1. The molecule has 0 spiro atoms. The highest BCUT2D eigenvalue weighted by Crippen LogP contribution is 2.24. The monoisotopic (exact) mass is 347 g/mol. The summed E-state index contributed by atoms with van der Waals surface area (Å²) in [5.41, 5.74) is 2.39. The Labute approximate surface area is 130 Å². The van der Waals surface area contributed by atoms with Crippen LogP contribution in [0.3, 0.4) is 0 Å². The summed E-state index contributed by atoms with van der Waals surface area (Å²) in [4.78, 5) is 0. The summed E-state index contributed by atoms with van der Waals surface area (Å²) < 4.78 is 3.28. The normalized spacial score (nSPS) is 14.6. The van der Waals surface area contributed by atoms with Crippen LogP contribution in [0, 0.1) is 6.92 Å². The molecule has 1 aromatic heterocycles. The molecule has 0 aliphatic heterocycles. The van der Waals surface area contributed by atoms with Gasteiger partial charge < -0.3 is 5.32 Å². The highest BCUT2D eigenvalue weighted by molar-refractivity contribution is 9.10. The third-order valence-electron chi connectivity index (χ3n) is 3.46. The Bertz CT molecular complexity index is 392. The van der Waals surface area contributed by atoms with Crippen molar-refractivity contribution in [2.45, 2.75) is 58.4 Å². The molecular formula is C14H26BrN3S. The number of halogens is 1. The predicted molar refractivity (Wildman–Crippen MR) is 89.1 cm³/mol. The number of aromatic nitrogens is 2. The number of hydrogen-bond acceptors (Lipinski definition) is 3.